The van der Waals surface area contributed by atoms with Crippen LogP contribution in [-0.4, -0.2) is 16.0 Å². The fourth-order valence-corrected chi connectivity index (χ4v) is 1.85. The SMILES string of the molecule is O=C(Nc1ccncc1F)c1cc(I)ccc1O. The number of carbonyl (C=O) groups is 1. The number of hydrogen-bond donors (Lipinski definition) is 2. The number of aromatic hydroxyl groups is 1. The van der Waals surface area contributed by atoms with Gasteiger partial charge in [0.05, 0.1) is 17.4 Å². The molecule has 0 aliphatic carbocycles. The normalized spacial score (nSPS) is 10.1. The first kappa shape index (κ1) is 12.7. The summed E-state index contributed by atoms with van der Waals surface area (Å²) in [7, 11) is 0. The number of pyridine rings is 1. The number of amides is 1. The van der Waals surface area contributed by atoms with E-state index in [2.05, 4.69) is 10.3 Å². The summed E-state index contributed by atoms with van der Waals surface area (Å²) in [6.07, 6.45) is 2.37. The van der Waals surface area contributed by atoms with Crippen LogP contribution in [-0.2, 0) is 0 Å². The maximum atomic E-state index is 13.3. The number of nitrogens with zero attached hydrogens (tertiary/aromatic N) is 1. The molecule has 0 fully saturated rings. The van der Waals surface area contributed by atoms with Crippen LogP contribution in [0.4, 0.5) is 10.1 Å². The maximum Gasteiger partial charge on any atom is 0.259 e. The number of anilines is 1. The summed E-state index contributed by atoms with van der Waals surface area (Å²) in [5.41, 5.74) is 0.117. The van der Waals surface area contributed by atoms with Crippen molar-refractivity contribution in [2.75, 3.05) is 5.32 Å². The molecule has 0 bridgehead atoms. The lowest BCUT2D eigenvalue weighted by atomic mass is 10.2. The predicted molar refractivity (Wildman–Crippen MR) is 73.0 cm³/mol. The second-order valence-corrected chi connectivity index (χ2v) is 4.72. The third-order valence-corrected chi connectivity index (χ3v) is 2.89. The highest BCUT2D eigenvalue weighted by atomic mass is 127. The van der Waals surface area contributed by atoms with Gasteiger partial charge in [-0.1, -0.05) is 0 Å². The van der Waals surface area contributed by atoms with E-state index in [0.717, 1.165) is 9.77 Å². The van der Waals surface area contributed by atoms with Crippen LogP contribution in [0.2, 0.25) is 0 Å². The van der Waals surface area contributed by atoms with Crippen LogP contribution in [0, 0.1) is 9.39 Å². The molecule has 1 aromatic carbocycles. The minimum atomic E-state index is -0.629. The summed E-state index contributed by atoms with van der Waals surface area (Å²) in [5, 5.41) is 12.0. The minimum absolute atomic E-state index is 0.0215. The van der Waals surface area contributed by atoms with Gasteiger partial charge in [-0.2, -0.15) is 0 Å². The minimum Gasteiger partial charge on any atom is -0.507 e. The van der Waals surface area contributed by atoms with Crippen molar-refractivity contribution in [1.29, 1.82) is 0 Å². The number of benzene rings is 1. The molecule has 2 rings (SSSR count). The Hall–Kier alpha value is -1.70. The highest BCUT2D eigenvalue weighted by molar-refractivity contribution is 14.1. The zero-order valence-electron chi connectivity index (χ0n) is 9.02. The first-order valence-electron chi connectivity index (χ1n) is 4.97. The molecular formula is C12H8FIN2O2. The molecule has 0 saturated heterocycles. The van der Waals surface area contributed by atoms with E-state index >= 15 is 0 Å². The lowest BCUT2D eigenvalue weighted by molar-refractivity contribution is 0.102. The molecule has 18 heavy (non-hydrogen) atoms. The number of aromatic nitrogens is 1. The van der Waals surface area contributed by atoms with E-state index in [4.69, 9.17) is 0 Å². The van der Waals surface area contributed by atoms with Crippen LogP contribution in [0.1, 0.15) is 10.4 Å². The molecule has 2 aromatic rings. The zero-order chi connectivity index (χ0) is 13.1. The van der Waals surface area contributed by atoms with Crippen molar-refractivity contribution >= 4 is 34.2 Å². The van der Waals surface area contributed by atoms with Gasteiger partial charge in [0.15, 0.2) is 5.82 Å². The van der Waals surface area contributed by atoms with Crippen molar-refractivity contribution in [2.24, 2.45) is 0 Å². The molecule has 0 atom stereocenters. The van der Waals surface area contributed by atoms with Crippen molar-refractivity contribution in [3.05, 3.63) is 51.6 Å². The van der Waals surface area contributed by atoms with Gasteiger partial charge in [0.2, 0.25) is 0 Å². The van der Waals surface area contributed by atoms with E-state index in [1.807, 2.05) is 22.6 Å². The number of carbonyl (C=O) groups excluding carboxylic acids is 1. The van der Waals surface area contributed by atoms with Crippen LogP contribution in [0.15, 0.2) is 36.7 Å². The summed E-state index contributed by atoms with van der Waals surface area (Å²) < 4.78 is 14.1. The fraction of sp³-hybridized carbons (Fsp3) is 0. The molecule has 6 heteroatoms. The molecular weight excluding hydrogens is 350 g/mol. The van der Waals surface area contributed by atoms with Crippen LogP contribution >= 0.6 is 22.6 Å². The average molecular weight is 358 g/mol. The van der Waals surface area contributed by atoms with E-state index in [0.29, 0.717) is 0 Å². The lowest BCUT2D eigenvalue weighted by Gasteiger charge is -2.07. The monoisotopic (exact) mass is 358 g/mol. The van der Waals surface area contributed by atoms with Crippen LogP contribution in [0.3, 0.4) is 0 Å². The number of hydrogen-bond acceptors (Lipinski definition) is 3. The van der Waals surface area contributed by atoms with Crippen LogP contribution in [0.25, 0.3) is 0 Å². The van der Waals surface area contributed by atoms with Gasteiger partial charge in [-0.3, -0.25) is 9.78 Å². The number of rotatable bonds is 2. The van der Waals surface area contributed by atoms with Gasteiger partial charge < -0.3 is 10.4 Å². The molecule has 0 radical (unpaired) electrons. The first-order valence-corrected chi connectivity index (χ1v) is 6.05. The molecule has 0 saturated carbocycles. The largest absolute Gasteiger partial charge is 0.507 e. The van der Waals surface area contributed by atoms with Crippen LogP contribution < -0.4 is 5.32 Å². The quantitative estimate of drug-likeness (QED) is 0.812. The molecule has 0 aliphatic rings. The standard InChI is InChI=1S/C12H8FIN2O2/c13-9-6-15-4-3-10(9)16-12(18)8-5-7(14)1-2-11(8)17/h1-6,17H,(H,15,16,18). The molecule has 0 aliphatic heterocycles. The molecule has 0 unspecified atom stereocenters. The third kappa shape index (κ3) is 2.76. The van der Waals surface area contributed by atoms with Crippen molar-refractivity contribution in [3.63, 3.8) is 0 Å². The van der Waals surface area contributed by atoms with Gasteiger partial charge in [0.25, 0.3) is 5.91 Å². The van der Waals surface area contributed by atoms with Gasteiger partial charge in [-0.25, -0.2) is 4.39 Å². The smallest absolute Gasteiger partial charge is 0.259 e. The van der Waals surface area contributed by atoms with Gasteiger partial charge in [0.1, 0.15) is 5.75 Å². The first-order chi connectivity index (χ1) is 8.58. The number of halogens is 2. The number of nitrogens with one attached hydrogen (secondary N) is 1. The van der Waals surface area contributed by atoms with Crippen molar-refractivity contribution in [2.45, 2.75) is 0 Å². The predicted octanol–water partition coefficient (Wildman–Crippen LogP) is 2.78. The summed E-state index contributed by atoms with van der Waals surface area (Å²) in [4.78, 5) is 15.5. The van der Waals surface area contributed by atoms with E-state index in [-0.39, 0.29) is 17.0 Å². The highest BCUT2D eigenvalue weighted by Gasteiger charge is 2.13. The molecule has 1 amide bonds. The van der Waals surface area contributed by atoms with Crippen LogP contribution in [0.5, 0.6) is 5.75 Å². The second kappa shape index (κ2) is 5.30. The average Bonchev–Trinajstić information content (AvgIpc) is 2.35. The van der Waals surface area contributed by atoms with Gasteiger partial charge >= 0.3 is 0 Å². The third-order valence-electron chi connectivity index (χ3n) is 2.22. The Kier molecular flexibility index (Phi) is 3.75. The fourth-order valence-electron chi connectivity index (χ4n) is 1.36. The second-order valence-electron chi connectivity index (χ2n) is 3.47. The van der Waals surface area contributed by atoms with E-state index in [9.17, 15) is 14.3 Å². The number of phenolic OH excluding ortho intramolecular Hbond substituents is 1. The topological polar surface area (TPSA) is 62.2 Å². The van der Waals surface area contributed by atoms with E-state index in [1.54, 1.807) is 6.07 Å². The van der Waals surface area contributed by atoms with E-state index < -0.39 is 11.7 Å². The molecule has 1 heterocycles. The summed E-state index contributed by atoms with van der Waals surface area (Å²) in [6.45, 7) is 0. The molecule has 2 N–H and O–H groups in total. The van der Waals surface area contributed by atoms with Gasteiger partial charge in [-0.05, 0) is 46.9 Å². The molecule has 0 spiro atoms. The van der Waals surface area contributed by atoms with E-state index in [1.165, 1.54) is 24.4 Å². The molecule has 92 valence electrons. The van der Waals surface area contributed by atoms with Gasteiger partial charge in [0, 0.05) is 9.77 Å². The Bertz CT molecular complexity index is 604. The molecule has 4 nitrogen and oxygen atoms in total. The summed E-state index contributed by atoms with van der Waals surface area (Å²) >= 11 is 2.02. The van der Waals surface area contributed by atoms with Crippen molar-refractivity contribution < 1.29 is 14.3 Å². The zero-order valence-corrected chi connectivity index (χ0v) is 11.2. The Morgan fingerprint density at radius 2 is 2.17 bits per heavy atom. The van der Waals surface area contributed by atoms with Crippen molar-refractivity contribution in [3.8, 4) is 5.75 Å². The Morgan fingerprint density at radius 3 is 2.89 bits per heavy atom. The molecule has 1 aromatic heterocycles. The Balaban J connectivity index is 2.28. The summed E-state index contributed by atoms with van der Waals surface area (Å²) in [6, 6.07) is 5.95. The lowest BCUT2D eigenvalue weighted by Crippen LogP contribution is -2.13. The highest BCUT2D eigenvalue weighted by Crippen LogP contribution is 2.21. The summed E-state index contributed by atoms with van der Waals surface area (Å²) in [5.74, 6) is -1.35. The van der Waals surface area contributed by atoms with Gasteiger partial charge in [-0.15, -0.1) is 0 Å². The number of phenols is 1. The Labute approximate surface area is 116 Å². The van der Waals surface area contributed by atoms with Crippen molar-refractivity contribution in [1.82, 2.24) is 4.98 Å². The maximum absolute atomic E-state index is 13.3. The Morgan fingerprint density at radius 1 is 1.39 bits per heavy atom.